The molecule has 25 heavy (non-hydrogen) atoms. The molecule has 3 aromatic rings. The lowest BCUT2D eigenvalue weighted by Crippen LogP contribution is -2.00. The Morgan fingerprint density at radius 1 is 0.840 bits per heavy atom. The van der Waals surface area contributed by atoms with E-state index < -0.39 is 0 Å². The molecule has 0 saturated carbocycles. The summed E-state index contributed by atoms with van der Waals surface area (Å²) >= 11 is 0. The van der Waals surface area contributed by atoms with Gasteiger partial charge in [0.1, 0.15) is 0 Å². The Kier molecular flexibility index (Phi) is 4.85. The Morgan fingerprint density at radius 3 is 2.04 bits per heavy atom. The SMILES string of the molecule is Cc1ccc(NC=CC(=O)c2ccc(-n3c(C)ccc3C)cc2)cc1. The molecule has 0 radical (unpaired) electrons. The number of hydrogen-bond donors (Lipinski definition) is 1. The van der Waals surface area contributed by atoms with Crippen LogP contribution in [0.2, 0.25) is 0 Å². The molecule has 0 bridgehead atoms. The van der Waals surface area contributed by atoms with Crippen molar-refractivity contribution in [2.24, 2.45) is 0 Å². The zero-order valence-electron chi connectivity index (χ0n) is 14.8. The fourth-order valence-electron chi connectivity index (χ4n) is 2.81. The molecule has 1 aromatic heterocycles. The zero-order valence-corrected chi connectivity index (χ0v) is 14.8. The number of carbonyl (C=O) groups is 1. The van der Waals surface area contributed by atoms with Crippen LogP contribution in [0.1, 0.15) is 27.3 Å². The van der Waals surface area contributed by atoms with Crippen molar-refractivity contribution < 1.29 is 4.79 Å². The summed E-state index contributed by atoms with van der Waals surface area (Å²) in [7, 11) is 0. The van der Waals surface area contributed by atoms with Gasteiger partial charge in [-0.3, -0.25) is 4.79 Å². The first-order valence-corrected chi connectivity index (χ1v) is 8.34. The molecule has 0 spiro atoms. The summed E-state index contributed by atoms with van der Waals surface area (Å²) in [6.07, 6.45) is 3.24. The third kappa shape index (κ3) is 3.89. The monoisotopic (exact) mass is 330 g/mol. The predicted molar refractivity (Wildman–Crippen MR) is 104 cm³/mol. The molecule has 0 aliphatic carbocycles. The highest BCUT2D eigenvalue weighted by Crippen LogP contribution is 2.17. The molecule has 0 aliphatic heterocycles. The average molecular weight is 330 g/mol. The van der Waals surface area contributed by atoms with Crippen LogP contribution < -0.4 is 5.32 Å². The highest BCUT2D eigenvalue weighted by atomic mass is 16.1. The molecule has 3 rings (SSSR count). The van der Waals surface area contributed by atoms with E-state index in [0.717, 1.165) is 11.4 Å². The van der Waals surface area contributed by atoms with E-state index in [0.29, 0.717) is 5.56 Å². The molecule has 2 aromatic carbocycles. The molecule has 1 heterocycles. The van der Waals surface area contributed by atoms with Crippen molar-refractivity contribution in [1.82, 2.24) is 4.57 Å². The molecule has 0 fully saturated rings. The normalized spacial score (nSPS) is 11.0. The summed E-state index contributed by atoms with van der Waals surface area (Å²) in [6, 6.07) is 19.9. The molecule has 0 amide bonds. The molecule has 0 aliphatic rings. The van der Waals surface area contributed by atoms with E-state index >= 15 is 0 Å². The van der Waals surface area contributed by atoms with Gasteiger partial charge >= 0.3 is 0 Å². The second-order valence-corrected chi connectivity index (χ2v) is 6.21. The van der Waals surface area contributed by atoms with E-state index in [1.807, 2.05) is 55.5 Å². The minimum atomic E-state index is -0.0212. The van der Waals surface area contributed by atoms with Gasteiger partial charge in [-0.1, -0.05) is 17.7 Å². The fraction of sp³-hybridized carbons (Fsp3) is 0.136. The van der Waals surface area contributed by atoms with Crippen molar-refractivity contribution >= 4 is 11.5 Å². The third-order valence-electron chi connectivity index (χ3n) is 4.22. The van der Waals surface area contributed by atoms with Crippen LogP contribution in [0.5, 0.6) is 0 Å². The number of anilines is 1. The van der Waals surface area contributed by atoms with Crippen LogP contribution in [0.3, 0.4) is 0 Å². The van der Waals surface area contributed by atoms with Crippen LogP contribution in [0.15, 0.2) is 72.9 Å². The van der Waals surface area contributed by atoms with Crippen molar-refractivity contribution in [3.8, 4) is 5.69 Å². The Hall–Kier alpha value is -3.07. The summed E-state index contributed by atoms with van der Waals surface area (Å²) in [6.45, 7) is 6.20. The molecule has 1 N–H and O–H groups in total. The van der Waals surface area contributed by atoms with Crippen LogP contribution in [-0.2, 0) is 0 Å². The summed E-state index contributed by atoms with van der Waals surface area (Å²) < 4.78 is 2.17. The van der Waals surface area contributed by atoms with Gasteiger partial charge in [0.2, 0.25) is 0 Å². The van der Waals surface area contributed by atoms with Crippen LogP contribution in [0.25, 0.3) is 5.69 Å². The molecule has 3 nitrogen and oxygen atoms in total. The maximum absolute atomic E-state index is 12.3. The second-order valence-electron chi connectivity index (χ2n) is 6.21. The first-order chi connectivity index (χ1) is 12.0. The average Bonchev–Trinajstić information content (AvgIpc) is 2.95. The zero-order chi connectivity index (χ0) is 17.8. The van der Waals surface area contributed by atoms with Crippen LogP contribution in [0.4, 0.5) is 5.69 Å². The number of aryl methyl sites for hydroxylation is 3. The van der Waals surface area contributed by atoms with Crippen molar-refractivity contribution in [1.29, 1.82) is 0 Å². The van der Waals surface area contributed by atoms with Gasteiger partial charge < -0.3 is 9.88 Å². The smallest absolute Gasteiger partial charge is 0.187 e. The summed E-state index contributed by atoms with van der Waals surface area (Å²) in [5.74, 6) is -0.0212. The van der Waals surface area contributed by atoms with Gasteiger partial charge in [0, 0.05) is 40.6 Å². The molecule has 0 saturated heterocycles. The highest BCUT2D eigenvalue weighted by molar-refractivity contribution is 6.04. The Labute approximate surface area is 148 Å². The minimum Gasteiger partial charge on any atom is -0.362 e. The van der Waals surface area contributed by atoms with Gasteiger partial charge in [-0.15, -0.1) is 0 Å². The van der Waals surface area contributed by atoms with Gasteiger partial charge in [-0.25, -0.2) is 0 Å². The Bertz CT molecular complexity index is 881. The number of benzene rings is 2. The predicted octanol–water partition coefficient (Wildman–Crippen LogP) is 5.21. The molecule has 0 atom stereocenters. The molecular formula is C22H22N2O. The van der Waals surface area contributed by atoms with Gasteiger partial charge in [0.15, 0.2) is 5.78 Å². The second kappa shape index (κ2) is 7.22. The minimum absolute atomic E-state index is 0.0212. The first kappa shape index (κ1) is 16.8. The lowest BCUT2D eigenvalue weighted by Gasteiger charge is -2.09. The number of aromatic nitrogens is 1. The lowest BCUT2D eigenvalue weighted by molar-refractivity contribution is 0.104. The van der Waals surface area contributed by atoms with E-state index in [1.165, 1.54) is 17.0 Å². The molecular weight excluding hydrogens is 308 g/mol. The van der Waals surface area contributed by atoms with Crippen molar-refractivity contribution in [2.75, 3.05) is 5.32 Å². The van der Waals surface area contributed by atoms with Crippen molar-refractivity contribution in [2.45, 2.75) is 20.8 Å². The third-order valence-corrected chi connectivity index (χ3v) is 4.22. The van der Waals surface area contributed by atoms with E-state index in [-0.39, 0.29) is 5.78 Å². The van der Waals surface area contributed by atoms with Crippen molar-refractivity contribution in [3.63, 3.8) is 0 Å². The van der Waals surface area contributed by atoms with E-state index in [4.69, 9.17) is 0 Å². The maximum atomic E-state index is 12.3. The van der Waals surface area contributed by atoms with E-state index in [2.05, 4.69) is 35.9 Å². The topological polar surface area (TPSA) is 34.0 Å². The molecule has 0 unspecified atom stereocenters. The van der Waals surface area contributed by atoms with Crippen LogP contribution in [-0.4, -0.2) is 10.4 Å². The number of hydrogen-bond acceptors (Lipinski definition) is 2. The standard InChI is InChI=1S/C22H22N2O/c1-16-4-10-20(11-5-16)23-15-14-22(25)19-8-12-21(13-9-19)24-17(2)6-7-18(24)3/h4-15,23H,1-3H3. The summed E-state index contributed by atoms with van der Waals surface area (Å²) in [5, 5.41) is 3.12. The lowest BCUT2D eigenvalue weighted by atomic mass is 10.1. The fourth-order valence-corrected chi connectivity index (χ4v) is 2.81. The molecule has 126 valence electrons. The van der Waals surface area contributed by atoms with Crippen LogP contribution >= 0.6 is 0 Å². The van der Waals surface area contributed by atoms with Gasteiger partial charge in [0.25, 0.3) is 0 Å². The first-order valence-electron chi connectivity index (χ1n) is 8.34. The number of nitrogens with one attached hydrogen (secondary N) is 1. The largest absolute Gasteiger partial charge is 0.362 e. The van der Waals surface area contributed by atoms with Gasteiger partial charge in [-0.2, -0.15) is 0 Å². The number of rotatable bonds is 5. The number of nitrogens with zero attached hydrogens (tertiary/aromatic N) is 1. The van der Waals surface area contributed by atoms with E-state index in [9.17, 15) is 4.79 Å². The van der Waals surface area contributed by atoms with Gasteiger partial charge in [0.05, 0.1) is 0 Å². The summed E-state index contributed by atoms with van der Waals surface area (Å²) in [5.41, 5.74) is 6.27. The maximum Gasteiger partial charge on any atom is 0.187 e. The quantitative estimate of drug-likeness (QED) is 0.514. The Balaban J connectivity index is 1.68. The summed E-state index contributed by atoms with van der Waals surface area (Å²) in [4.78, 5) is 12.3. The number of carbonyl (C=O) groups excluding carboxylic acids is 1. The number of allylic oxidation sites excluding steroid dienone is 1. The van der Waals surface area contributed by atoms with E-state index in [1.54, 1.807) is 12.3 Å². The highest BCUT2D eigenvalue weighted by Gasteiger charge is 2.06. The Morgan fingerprint density at radius 2 is 1.44 bits per heavy atom. The number of ketones is 1. The molecule has 3 heteroatoms. The van der Waals surface area contributed by atoms with Gasteiger partial charge in [-0.05, 0) is 69.3 Å². The van der Waals surface area contributed by atoms with Crippen LogP contribution in [0, 0.1) is 20.8 Å². The van der Waals surface area contributed by atoms with Crippen molar-refractivity contribution in [3.05, 3.63) is 95.5 Å².